The van der Waals surface area contributed by atoms with Crippen molar-refractivity contribution in [1.29, 1.82) is 0 Å². The van der Waals surface area contributed by atoms with Gasteiger partial charge in [0, 0.05) is 0 Å². The highest BCUT2D eigenvalue weighted by Gasteiger charge is 2.75. The minimum Gasteiger partial charge on any atom is -0.377 e. The van der Waals surface area contributed by atoms with Gasteiger partial charge in [-0.05, 0) is 6.92 Å². The van der Waals surface area contributed by atoms with E-state index in [1.807, 2.05) is 0 Å². The predicted octanol–water partition coefficient (Wildman–Crippen LogP) is 2.97. The van der Waals surface area contributed by atoms with Crippen molar-refractivity contribution in [2.75, 3.05) is 46.2 Å². The highest BCUT2D eigenvalue weighted by Crippen LogP contribution is 2.48. The topological polar surface area (TPSA) is 46.2 Å². The molecule has 27 heavy (non-hydrogen) atoms. The molecule has 162 valence electrons. The van der Waals surface area contributed by atoms with Crippen LogP contribution >= 0.6 is 0 Å². The van der Waals surface area contributed by atoms with Crippen molar-refractivity contribution in [1.82, 2.24) is 0 Å². The van der Waals surface area contributed by atoms with Crippen molar-refractivity contribution in [3.05, 3.63) is 0 Å². The van der Waals surface area contributed by atoms with Crippen LogP contribution in [0.1, 0.15) is 6.92 Å². The van der Waals surface area contributed by atoms with Gasteiger partial charge >= 0.3 is 24.2 Å². The normalized spacial score (nSPS) is 24.7. The largest absolute Gasteiger partial charge is 0.380 e. The van der Waals surface area contributed by atoms with Gasteiger partial charge < -0.3 is 23.7 Å². The minimum absolute atomic E-state index is 0.114. The molecule has 1 rings (SSSR count). The maximum Gasteiger partial charge on any atom is 0.380 e. The fraction of sp³-hybridized carbons (Fsp3) is 1.00. The highest BCUT2D eigenvalue weighted by molar-refractivity contribution is 4.97. The van der Waals surface area contributed by atoms with E-state index in [2.05, 4.69) is 4.74 Å². The van der Waals surface area contributed by atoms with E-state index < -0.39 is 49.8 Å². The summed E-state index contributed by atoms with van der Waals surface area (Å²) in [6, 6.07) is 0. The van der Waals surface area contributed by atoms with Gasteiger partial charge in [-0.15, -0.1) is 0 Å². The molecule has 0 N–H and O–H groups in total. The number of ether oxygens (including phenoxy) is 5. The van der Waals surface area contributed by atoms with E-state index in [0.717, 1.165) is 0 Å². The van der Waals surface area contributed by atoms with Gasteiger partial charge in [-0.3, -0.25) is 0 Å². The van der Waals surface area contributed by atoms with E-state index in [4.69, 9.17) is 18.9 Å². The van der Waals surface area contributed by atoms with E-state index in [0.29, 0.717) is 0 Å². The van der Waals surface area contributed by atoms with Gasteiger partial charge in [-0.25, -0.2) is 8.78 Å². The lowest BCUT2D eigenvalue weighted by molar-refractivity contribution is -0.346. The molecule has 2 atom stereocenters. The van der Waals surface area contributed by atoms with Crippen LogP contribution in [0.15, 0.2) is 0 Å². The molecular weight excluding hydrogens is 400 g/mol. The van der Waals surface area contributed by atoms with Crippen LogP contribution in [0.2, 0.25) is 0 Å². The lowest BCUT2D eigenvalue weighted by Gasteiger charge is -2.32. The Hall–Kier alpha value is -0.760. The average Bonchev–Trinajstić information content (AvgIpc) is 2.60. The molecule has 0 aliphatic carbocycles. The van der Waals surface area contributed by atoms with Crippen molar-refractivity contribution < 1.29 is 58.8 Å². The smallest absolute Gasteiger partial charge is 0.377 e. The van der Waals surface area contributed by atoms with Crippen molar-refractivity contribution in [2.45, 2.75) is 43.5 Å². The van der Waals surface area contributed by atoms with Crippen LogP contribution < -0.4 is 0 Å². The summed E-state index contributed by atoms with van der Waals surface area (Å²) in [7, 11) is 0. The zero-order valence-electron chi connectivity index (χ0n) is 14.2. The molecule has 0 aromatic carbocycles. The van der Waals surface area contributed by atoms with Gasteiger partial charge in [0.05, 0.1) is 39.6 Å². The Morgan fingerprint density at radius 1 is 0.963 bits per heavy atom. The number of halogens is 8. The molecule has 0 aromatic heterocycles. The molecular formula is C14H20F8O5. The Labute approximate surface area is 149 Å². The molecule has 1 saturated heterocycles. The Balaban J connectivity index is 2.63. The monoisotopic (exact) mass is 420 g/mol. The van der Waals surface area contributed by atoms with Gasteiger partial charge in [0.1, 0.15) is 12.7 Å². The number of hydrogen-bond donors (Lipinski definition) is 0. The van der Waals surface area contributed by atoms with Crippen molar-refractivity contribution in [2.24, 2.45) is 0 Å². The summed E-state index contributed by atoms with van der Waals surface area (Å²) in [5.41, 5.74) is 0. The average molecular weight is 420 g/mol. The summed E-state index contributed by atoms with van der Waals surface area (Å²) >= 11 is 0. The van der Waals surface area contributed by atoms with Gasteiger partial charge in [-0.1, -0.05) is 0 Å². The molecule has 1 aliphatic heterocycles. The van der Waals surface area contributed by atoms with Gasteiger partial charge in [0.25, 0.3) is 0 Å². The SMILES string of the molecule is CC1OCCOCCOCC(COCC(F)(F)C(F)(F)C(F)(F)C(F)F)O1. The van der Waals surface area contributed by atoms with Crippen LogP contribution in [0.4, 0.5) is 35.1 Å². The summed E-state index contributed by atoms with van der Waals surface area (Å²) < 4.78 is 128. The highest BCUT2D eigenvalue weighted by atomic mass is 19.4. The first kappa shape index (κ1) is 24.3. The summed E-state index contributed by atoms with van der Waals surface area (Å²) in [4.78, 5) is 0. The maximum atomic E-state index is 13.4. The molecule has 0 radical (unpaired) electrons. The van der Waals surface area contributed by atoms with Crippen molar-refractivity contribution in [3.8, 4) is 0 Å². The first-order valence-electron chi connectivity index (χ1n) is 7.83. The predicted molar refractivity (Wildman–Crippen MR) is 73.6 cm³/mol. The van der Waals surface area contributed by atoms with Crippen molar-refractivity contribution >= 4 is 0 Å². The summed E-state index contributed by atoms with van der Waals surface area (Å²) in [5, 5.41) is 0. The van der Waals surface area contributed by atoms with Crippen LogP contribution in [0.5, 0.6) is 0 Å². The Kier molecular flexibility index (Phi) is 9.12. The second kappa shape index (κ2) is 10.1. The van der Waals surface area contributed by atoms with Crippen LogP contribution in [-0.2, 0) is 23.7 Å². The fourth-order valence-electron chi connectivity index (χ4n) is 1.93. The molecule has 0 bridgehead atoms. The molecule has 0 amide bonds. The maximum absolute atomic E-state index is 13.4. The Morgan fingerprint density at radius 2 is 1.56 bits per heavy atom. The van der Waals surface area contributed by atoms with Gasteiger partial charge in [0.15, 0.2) is 6.29 Å². The molecule has 5 nitrogen and oxygen atoms in total. The molecule has 0 aromatic rings. The van der Waals surface area contributed by atoms with Crippen LogP contribution in [-0.4, -0.2) is 82.8 Å². The third kappa shape index (κ3) is 6.66. The van der Waals surface area contributed by atoms with Crippen molar-refractivity contribution in [3.63, 3.8) is 0 Å². The van der Waals surface area contributed by atoms with Crippen LogP contribution in [0.3, 0.4) is 0 Å². The van der Waals surface area contributed by atoms with Gasteiger partial charge in [-0.2, -0.15) is 26.3 Å². The first-order valence-corrected chi connectivity index (χ1v) is 7.83. The summed E-state index contributed by atoms with van der Waals surface area (Å²) in [6.07, 6.45) is -6.88. The second-order valence-electron chi connectivity index (χ2n) is 5.60. The second-order valence-corrected chi connectivity index (χ2v) is 5.60. The quantitative estimate of drug-likeness (QED) is 0.593. The minimum atomic E-state index is -6.31. The Bertz CT molecular complexity index is 438. The number of hydrogen-bond acceptors (Lipinski definition) is 5. The van der Waals surface area contributed by atoms with E-state index in [9.17, 15) is 35.1 Å². The van der Waals surface area contributed by atoms with Crippen LogP contribution in [0, 0.1) is 0 Å². The molecule has 0 saturated carbocycles. The lowest BCUT2D eigenvalue weighted by atomic mass is 10.1. The third-order valence-corrected chi connectivity index (χ3v) is 3.38. The standard InChI is InChI=1S/C14H20F8O5/c1-9-26-5-4-23-2-3-24-6-10(27-9)7-25-8-12(17,18)14(21,22)13(19,20)11(15)16/h9-11H,2-8H2,1H3. The lowest BCUT2D eigenvalue weighted by Crippen LogP contribution is -2.59. The van der Waals surface area contributed by atoms with E-state index in [-0.39, 0.29) is 33.0 Å². The zero-order valence-corrected chi connectivity index (χ0v) is 14.2. The Morgan fingerprint density at radius 3 is 2.19 bits per heavy atom. The van der Waals surface area contributed by atoms with Gasteiger partial charge in [0.2, 0.25) is 0 Å². The van der Waals surface area contributed by atoms with E-state index in [1.165, 1.54) is 6.92 Å². The zero-order chi connectivity index (χ0) is 20.7. The molecule has 1 aliphatic rings. The molecule has 13 heteroatoms. The fourth-order valence-corrected chi connectivity index (χ4v) is 1.93. The molecule has 2 unspecified atom stereocenters. The molecule has 0 spiro atoms. The van der Waals surface area contributed by atoms with E-state index in [1.54, 1.807) is 0 Å². The molecule has 1 fully saturated rings. The molecule has 1 heterocycles. The van der Waals surface area contributed by atoms with E-state index >= 15 is 0 Å². The summed E-state index contributed by atoms with van der Waals surface area (Å²) in [5.74, 6) is -18.1. The third-order valence-electron chi connectivity index (χ3n) is 3.38. The summed E-state index contributed by atoms with van der Waals surface area (Å²) in [6.45, 7) is -1.01. The van der Waals surface area contributed by atoms with Crippen LogP contribution in [0.25, 0.3) is 0 Å². The number of rotatable bonds is 7. The first-order chi connectivity index (χ1) is 12.4. The number of alkyl halides is 8.